The van der Waals surface area contributed by atoms with Crippen molar-refractivity contribution >= 4 is 23.4 Å². The van der Waals surface area contributed by atoms with Crippen molar-refractivity contribution in [1.29, 1.82) is 0 Å². The minimum absolute atomic E-state index is 0.335. The van der Waals surface area contributed by atoms with E-state index < -0.39 is 23.6 Å². The van der Waals surface area contributed by atoms with Gasteiger partial charge in [0.15, 0.2) is 11.6 Å². The molecule has 142 valence electrons. The molecule has 1 aromatic rings. The standard InChI is InChI=1S/C19H23ClF2N2O2/c1-12-17(19(25)26-3)18(14-7-8-15(21)16(22)11-14)24(13(2)23-12)10-6-4-5-9-20/h7-8,11,18H,4-6,9-10H2,1-3H3. The number of nitrogens with zero attached hydrogens (tertiary/aromatic N) is 2. The quantitative estimate of drug-likeness (QED) is 0.392. The monoisotopic (exact) mass is 384 g/mol. The van der Waals surface area contributed by atoms with E-state index in [1.54, 1.807) is 6.92 Å². The van der Waals surface area contributed by atoms with Crippen LogP contribution >= 0.6 is 11.6 Å². The second kappa shape index (κ2) is 9.12. The highest BCUT2D eigenvalue weighted by atomic mass is 35.5. The highest BCUT2D eigenvalue weighted by molar-refractivity contribution is 6.17. The number of carbonyl (C=O) groups excluding carboxylic acids is 1. The van der Waals surface area contributed by atoms with Crippen LogP contribution in [0, 0.1) is 11.6 Å². The summed E-state index contributed by atoms with van der Waals surface area (Å²) in [5.74, 6) is -1.10. The number of benzene rings is 1. The van der Waals surface area contributed by atoms with E-state index >= 15 is 0 Å². The average molecular weight is 385 g/mol. The van der Waals surface area contributed by atoms with Crippen LogP contribution in [-0.4, -0.2) is 36.2 Å². The molecule has 0 radical (unpaired) electrons. The highest BCUT2D eigenvalue weighted by Gasteiger charge is 2.35. The number of methoxy groups -OCH3 is 1. The number of esters is 1. The topological polar surface area (TPSA) is 41.9 Å². The molecular formula is C19H23ClF2N2O2. The third kappa shape index (κ3) is 4.41. The normalized spacial score (nSPS) is 17.4. The van der Waals surface area contributed by atoms with E-state index in [4.69, 9.17) is 16.3 Å². The number of carbonyl (C=O) groups is 1. The van der Waals surface area contributed by atoms with Gasteiger partial charge in [-0.25, -0.2) is 18.6 Å². The lowest BCUT2D eigenvalue weighted by Crippen LogP contribution is -2.40. The Labute approximate surface area is 157 Å². The Morgan fingerprint density at radius 1 is 1.23 bits per heavy atom. The number of allylic oxidation sites excluding steroid dienone is 1. The number of hydrogen-bond acceptors (Lipinski definition) is 4. The molecule has 1 aliphatic rings. The number of alkyl halides is 1. The van der Waals surface area contributed by atoms with E-state index in [-0.39, 0.29) is 0 Å². The lowest BCUT2D eigenvalue weighted by atomic mass is 9.93. The molecule has 26 heavy (non-hydrogen) atoms. The average Bonchev–Trinajstić information content (AvgIpc) is 2.61. The molecular weight excluding hydrogens is 362 g/mol. The van der Waals surface area contributed by atoms with Crippen LogP contribution in [0.3, 0.4) is 0 Å². The summed E-state index contributed by atoms with van der Waals surface area (Å²) >= 11 is 5.73. The van der Waals surface area contributed by atoms with Gasteiger partial charge in [0.1, 0.15) is 5.84 Å². The summed E-state index contributed by atoms with van der Waals surface area (Å²) in [7, 11) is 1.29. The maximum Gasteiger partial charge on any atom is 0.338 e. The number of amidine groups is 1. The van der Waals surface area contributed by atoms with Crippen molar-refractivity contribution < 1.29 is 18.3 Å². The molecule has 7 heteroatoms. The predicted molar refractivity (Wildman–Crippen MR) is 98.2 cm³/mol. The highest BCUT2D eigenvalue weighted by Crippen LogP contribution is 2.36. The summed E-state index contributed by atoms with van der Waals surface area (Å²) in [5.41, 5.74) is 1.33. The first-order chi connectivity index (χ1) is 12.4. The zero-order chi connectivity index (χ0) is 19.3. The first kappa shape index (κ1) is 20.4. The number of hydrogen-bond donors (Lipinski definition) is 0. The summed E-state index contributed by atoms with van der Waals surface area (Å²) in [5, 5.41) is 0. The number of ether oxygens (including phenoxy) is 1. The molecule has 0 aromatic heterocycles. The first-order valence-electron chi connectivity index (χ1n) is 8.52. The Kier molecular flexibility index (Phi) is 7.14. The number of rotatable bonds is 7. The van der Waals surface area contributed by atoms with Crippen molar-refractivity contribution in [3.05, 3.63) is 46.7 Å². The summed E-state index contributed by atoms with van der Waals surface area (Å²) in [6.45, 7) is 4.17. The van der Waals surface area contributed by atoms with Gasteiger partial charge in [-0.2, -0.15) is 0 Å². The summed E-state index contributed by atoms with van der Waals surface area (Å²) in [4.78, 5) is 18.8. The van der Waals surface area contributed by atoms with Crippen molar-refractivity contribution in [3.8, 4) is 0 Å². The van der Waals surface area contributed by atoms with E-state index in [1.807, 2.05) is 11.8 Å². The minimum Gasteiger partial charge on any atom is -0.466 e. The van der Waals surface area contributed by atoms with Crippen LogP contribution in [0.15, 0.2) is 34.5 Å². The van der Waals surface area contributed by atoms with Crippen molar-refractivity contribution in [2.45, 2.75) is 39.2 Å². The maximum absolute atomic E-state index is 13.8. The minimum atomic E-state index is -0.952. The number of unbranched alkanes of at least 4 members (excludes halogenated alkanes) is 2. The third-order valence-electron chi connectivity index (χ3n) is 4.42. The summed E-state index contributed by atoms with van der Waals surface area (Å²) in [6.07, 6.45) is 2.65. The van der Waals surface area contributed by atoms with Crippen LogP contribution in [0.1, 0.15) is 44.7 Å². The first-order valence-corrected chi connectivity index (χ1v) is 9.06. The van der Waals surface area contributed by atoms with Crippen LogP contribution in [0.25, 0.3) is 0 Å². The largest absolute Gasteiger partial charge is 0.466 e. The zero-order valence-corrected chi connectivity index (χ0v) is 15.9. The van der Waals surface area contributed by atoms with Gasteiger partial charge < -0.3 is 9.64 Å². The van der Waals surface area contributed by atoms with Gasteiger partial charge >= 0.3 is 5.97 Å². The van der Waals surface area contributed by atoms with Gasteiger partial charge in [-0.15, -0.1) is 11.6 Å². The number of aliphatic imine (C=N–C) groups is 1. The zero-order valence-electron chi connectivity index (χ0n) is 15.2. The molecule has 2 rings (SSSR count). The Bertz CT molecular complexity index is 734. The van der Waals surface area contributed by atoms with Gasteiger partial charge in [0.2, 0.25) is 0 Å². The van der Waals surface area contributed by atoms with Crippen LogP contribution in [0.5, 0.6) is 0 Å². The van der Waals surface area contributed by atoms with Crippen LogP contribution < -0.4 is 0 Å². The molecule has 1 aliphatic heterocycles. The molecule has 0 spiro atoms. The SMILES string of the molecule is COC(=O)C1=C(C)N=C(C)N(CCCCCCl)C1c1ccc(F)c(F)c1. The van der Waals surface area contributed by atoms with E-state index in [9.17, 15) is 13.6 Å². The molecule has 1 atom stereocenters. The van der Waals surface area contributed by atoms with E-state index in [0.29, 0.717) is 29.3 Å². The molecule has 0 amide bonds. The van der Waals surface area contributed by atoms with Gasteiger partial charge in [0.05, 0.1) is 24.4 Å². The fraction of sp³-hybridized carbons (Fsp3) is 0.474. The van der Waals surface area contributed by atoms with Gasteiger partial charge in [-0.05, 0) is 44.4 Å². The summed E-state index contributed by atoms with van der Waals surface area (Å²) in [6, 6.07) is 3.11. The predicted octanol–water partition coefficient (Wildman–Crippen LogP) is 4.60. The van der Waals surface area contributed by atoms with E-state index in [2.05, 4.69) is 4.99 Å². The van der Waals surface area contributed by atoms with Crippen LogP contribution in [0.4, 0.5) is 8.78 Å². The van der Waals surface area contributed by atoms with Crippen molar-refractivity contribution in [2.24, 2.45) is 4.99 Å². The fourth-order valence-electron chi connectivity index (χ4n) is 3.15. The maximum atomic E-state index is 13.8. The molecule has 0 bridgehead atoms. The van der Waals surface area contributed by atoms with Gasteiger partial charge in [0, 0.05) is 12.4 Å². The Balaban J connectivity index is 2.46. The van der Waals surface area contributed by atoms with Crippen molar-refractivity contribution in [1.82, 2.24) is 4.90 Å². The number of halogens is 3. The van der Waals surface area contributed by atoms with Crippen LogP contribution in [0.2, 0.25) is 0 Å². The Morgan fingerprint density at radius 3 is 2.58 bits per heavy atom. The fourth-order valence-corrected chi connectivity index (χ4v) is 3.34. The smallest absolute Gasteiger partial charge is 0.338 e. The second-order valence-electron chi connectivity index (χ2n) is 6.17. The third-order valence-corrected chi connectivity index (χ3v) is 4.68. The second-order valence-corrected chi connectivity index (χ2v) is 6.55. The van der Waals surface area contributed by atoms with E-state index in [1.165, 1.54) is 13.2 Å². The summed E-state index contributed by atoms with van der Waals surface area (Å²) < 4.78 is 32.2. The van der Waals surface area contributed by atoms with Gasteiger partial charge in [-0.3, -0.25) is 0 Å². The lowest BCUT2D eigenvalue weighted by molar-refractivity contribution is -0.136. The molecule has 1 heterocycles. The Hall–Kier alpha value is -1.95. The molecule has 1 unspecified atom stereocenters. The molecule has 0 saturated heterocycles. The van der Waals surface area contributed by atoms with Gasteiger partial charge in [0.25, 0.3) is 0 Å². The molecule has 1 aromatic carbocycles. The van der Waals surface area contributed by atoms with Crippen molar-refractivity contribution in [2.75, 3.05) is 19.5 Å². The molecule has 0 N–H and O–H groups in total. The molecule has 4 nitrogen and oxygen atoms in total. The molecule has 0 aliphatic carbocycles. The Morgan fingerprint density at radius 2 is 1.96 bits per heavy atom. The van der Waals surface area contributed by atoms with E-state index in [0.717, 1.165) is 37.2 Å². The lowest BCUT2D eigenvalue weighted by Gasteiger charge is -2.38. The van der Waals surface area contributed by atoms with Crippen LogP contribution in [-0.2, 0) is 9.53 Å². The molecule has 0 saturated carbocycles. The van der Waals surface area contributed by atoms with Gasteiger partial charge in [-0.1, -0.05) is 12.5 Å². The molecule has 0 fully saturated rings. The van der Waals surface area contributed by atoms with Crippen molar-refractivity contribution in [3.63, 3.8) is 0 Å².